The molecule has 0 radical (unpaired) electrons. The van der Waals surface area contributed by atoms with E-state index in [1.807, 2.05) is 13.8 Å². The van der Waals surface area contributed by atoms with Gasteiger partial charge in [0.2, 0.25) is 5.89 Å². The summed E-state index contributed by atoms with van der Waals surface area (Å²) in [6.07, 6.45) is 0.806. The van der Waals surface area contributed by atoms with Crippen LogP contribution in [0.4, 0.5) is 0 Å². The first-order valence-electron chi connectivity index (χ1n) is 6.37. The highest BCUT2D eigenvalue weighted by Crippen LogP contribution is 2.16. The fourth-order valence-corrected chi connectivity index (χ4v) is 2.13. The second-order valence-corrected chi connectivity index (χ2v) is 5.84. The van der Waals surface area contributed by atoms with Crippen molar-refractivity contribution < 1.29 is 4.52 Å². The molecule has 18 heavy (non-hydrogen) atoms. The fourth-order valence-electron chi connectivity index (χ4n) is 2.13. The van der Waals surface area contributed by atoms with Crippen molar-refractivity contribution in [3.63, 3.8) is 0 Å². The maximum absolute atomic E-state index is 5.94. The van der Waals surface area contributed by atoms with Gasteiger partial charge < -0.3 is 20.1 Å². The summed E-state index contributed by atoms with van der Waals surface area (Å²) in [6.45, 7) is 6.95. The summed E-state index contributed by atoms with van der Waals surface area (Å²) in [4.78, 5) is 9.07. The van der Waals surface area contributed by atoms with E-state index in [-0.39, 0.29) is 0 Å². The zero-order valence-electron chi connectivity index (χ0n) is 11.7. The van der Waals surface area contributed by atoms with Crippen LogP contribution in [0.15, 0.2) is 4.52 Å². The van der Waals surface area contributed by atoms with Crippen molar-refractivity contribution in [2.75, 3.05) is 33.7 Å². The van der Waals surface area contributed by atoms with Crippen LogP contribution in [-0.2, 0) is 12.0 Å². The van der Waals surface area contributed by atoms with Gasteiger partial charge in [-0.05, 0) is 27.9 Å². The lowest BCUT2D eigenvalue weighted by Crippen LogP contribution is -2.50. The summed E-state index contributed by atoms with van der Waals surface area (Å²) >= 11 is 0. The number of hydrogen-bond donors (Lipinski definition) is 1. The van der Waals surface area contributed by atoms with E-state index in [1.165, 1.54) is 0 Å². The van der Waals surface area contributed by atoms with E-state index < -0.39 is 5.54 Å². The summed E-state index contributed by atoms with van der Waals surface area (Å²) in [5, 5.41) is 4.02. The van der Waals surface area contributed by atoms with E-state index in [1.54, 1.807) is 0 Å². The molecule has 1 fully saturated rings. The van der Waals surface area contributed by atoms with E-state index in [4.69, 9.17) is 10.3 Å². The fraction of sp³-hybridized carbons (Fsp3) is 0.833. The number of nitrogens with two attached hydrogens (primary N) is 1. The van der Waals surface area contributed by atoms with Gasteiger partial charge >= 0.3 is 0 Å². The predicted octanol–water partition coefficient (Wildman–Crippen LogP) is 0.0517. The minimum absolute atomic E-state index is 0.440. The smallest absolute Gasteiger partial charge is 0.246 e. The first-order valence-corrected chi connectivity index (χ1v) is 6.37. The van der Waals surface area contributed by atoms with Crippen LogP contribution in [0.25, 0.3) is 0 Å². The molecule has 0 amide bonds. The van der Waals surface area contributed by atoms with Crippen molar-refractivity contribution in [1.29, 1.82) is 0 Å². The van der Waals surface area contributed by atoms with Crippen molar-refractivity contribution in [1.82, 2.24) is 19.9 Å². The van der Waals surface area contributed by atoms with Gasteiger partial charge in [0.25, 0.3) is 0 Å². The monoisotopic (exact) mass is 253 g/mol. The standard InChI is InChI=1S/C12H23N5O/c1-12(2,13)11-14-10(15-18-11)7-9-8-16(3)5-6-17(9)4/h9H,5-8,13H2,1-4H3. The molecule has 1 aliphatic heterocycles. The first-order chi connectivity index (χ1) is 8.36. The molecular formula is C12H23N5O. The molecule has 0 bridgehead atoms. The normalized spacial score (nSPS) is 23.5. The van der Waals surface area contributed by atoms with Gasteiger partial charge in [-0.1, -0.05) is 5.16 Å². The summed E-state index contributed by atoms with van der Waals surface area (Å²) in [5.74, 6) is 1.25. The molecule has 1 unspecified atom stereocenters. The second-order valence-electron chi connectivity index (χ2n) is 5.84. The molecule has 1 saturated heterocycles. The van der Waals surface area contributed by atoms with Crippen LogP contribution in [-0.4, -0.2) is 59.7 Å². The molecule has 0 aromatic carbocycles. The Kier molecular flexibility index (Phi) is 3.70. The summed E-state index contributed by atoms with van der Waals surface area (Å²) in [6, 6.07) is 0.440. The van der Waals surface area contributed by atoms with Gasteiger partial charge in [0, 0.05) is 32.1 Å². The van der Waals surface area contributed by atoms with E-state index in [2.05, 4.69) is 34.0 Å². The molecule has 6 nitrogen and oxygen atoms in total. The Labute approximate surface area is 108 Å². The zero-order chi connectivity index (χ0) is 13.3. The van der Waals surface area contributed by atoms with Crippen LogP contribution in [0.1, 0.15) is 25.6 Å². The van der Waals surface area contributed by atoms with Gasteiger partial charge in [-0.2, -0.15) is 4.98 Å². The molecule has 0 saturated carbocycles. The number of likely N-dealkylation sites (N-methyl/N-ethyl adjacent to an activating group) is 2. The van der Waals surface area contributed by atoms with E-state index in [0.717, 1.165) is 31.9 Å². The lowest BCUT2D eigenvalue weighted by molar-refractivity contribution is 0.113. The largest absolute Gasteiger partial charge is 0.337 e. The number of piperazine rings is 1. The maximum Gasteiger partial charge on any atom is 0.246 e. The lowest BCUT2D eigenvalue weighted by atomic mass is 10.1. The SMILES string of the molecule is CN1CCN(C)C(Cc2noc(C(C)(C)N)n2)C1. The molecule has 0 spiro atoms. The number of hydrogen-bond acceptors (Lipinski definition) is 6. The van der Waals surface area contributed by atoms with E-state index in [9.17, 15) is 0 Å². The Bertz CT molecular complexity index is 397. The van der Waals surface area contributed by atoms with Crippen molar-refractivity contribution in [2.45, 2.75) is 31.8 Å². The van der Waals surface area contributed by atoms with Gasteiger partial charge in [0.05, 0.1) is 5.54 Å². The van der Waals surface area contributed by atoms with Crippen molar-refractivity contribution >= 4 is 0 Å². The topological polar surface area (TPSA) is 71.4 Å². The lowest BCUT2D eigenvalue weighted by Gasteiger charge is -2.37. The maximum atomic E-state index is 5.94. The third-order valence-electron chi connectivity index (χ3n) is 3.42. The molecule has 102 valence electrons. The number of rotatable bonds is 3. The van der Waals surface area contributed by atoms with Gasteiger partial charge in [-0.3, -0.25) is 0 Å². The van der Waals surface area contributed by atoms with Crippen molar-refractivity contribution in [2.24, 2.45) is 5.73 Å². The Morgan fingerprint density at radius 2 is 2.11 bits per heavy atom. The summed E-state index contributed by atoms with van der Waals surface area (Å²) < 4.78 is 5.21. The first kappa shape index (κ1) is 13.5. The molecule has 1 aliphatic rings. The van der Waals surface area contributed by atoms with Crippen LogP contribution in [0.3, 0.4) is 0 Å². The van der Waals surface area contributed by atoms with Crippen LogP contribution in [0, 0.1) is 0 Å². The predicted molar refractivity (Wildman–Crippen MR) is 69.1 cm³/mol. The Balaban J connectivity index is 2.02. The molecule has 2 heterocycles. The molecule has 2 N–H and O–H groups in total. The average molecular weight is 253 g/mol. The van der Waals surface area contributed by atoms with Gasteiger partial charge in [0.1, 0.15) is 0 Å². The molecule has 1 atom stereocenters. The summed E-state index contributed by atoms with van der Waals surface area (Å²) in [7, 11) is 4.29. The number of aromatic nitrogens is 2. The van der Waals surface area contributed by atoms with Crippen LogP contribution in [0.5, 0.6) is 0 Å². The third-order valence-corrected chi connectivity index (χ3v) is 3.42. The van der Waals surface area contributed by atoms with Gasteiger partial charge in [-0.25, -0.2) is 0 Å². The Morgan fingerprint density at radius 1 is 1.39 bits per heavy atom. The molecule has 0 aliphatic carbocycles. The molecular weight excluding hydrogens is 230 g/mol. The molecule has 6 heteroatoms. The third kappa shape index (κ3) is 3.07. The quantitative estimate of drug-likeness (QED) is 0.821. The zero-order valence-corrected chi connectivity index (χ0v) is 11.7. The highest BCUT2D eigenvalue weighted by Gasteiger charge is 2.26. The number of nitrogens with zero attached hydrogens (tertiary/aromatic N) is 4. The van der Waals surface area contributed by atoms with Crippen LogP contribution in [0.2, 0.25) is 0 Å². The average Bonchev–Trinajstić information content (AvgIpc) is 2.71. The van der Waals surface area contributed by atoms with Crippen LogP contribution < -0.4 is 5.73 Å². The van der Waals surface area contributed by atoms with Crippen LogP contribution >= 0.6 is 0 Å². The van der Waals surface area contributed by atoms with E-state index >= 15 is 0 Å². The second kappa shape index (κ2) is 4.95. The van der Waals surface area contributed by atoms with Gasteiger partial charge in [0.15, 0.2) is 5.82 Å². The minimum Gasteiger partial charge on any atom is -0.337 e. The Hall–Kier alpha value is -0.980. The van der Waals surface area contributed by atoms with Crippen molar-refractivity contribution in [3.05, 3.63) is 11.7 Å². The van der Waals surface area contributed by atoms with Gasteiger partial charge in [-0.15, -0.1) is 0 Å². The molecule has 2 rings (SSSR count). The Morgan fingerprint density at radius 3 is 2.72 bits per heavy atom. The molecule has 1 aromatic rings. The minimum atomic E-state index is -0.569. The molecule has 1 aromatic heterocycles. The van der Waals surface area contributed by atoms with Crippen molar-refractivity contribution in [3.8, 4) is 0 Å². The van der Waals surface area contributed by atoms with E-state index in [0.29, 0.717) is 11.9 Å². The highest BCUT2D eigenvalue weighted by atomic mass is 16.5. The summed E-state index contributed by atoms with van der Waals surface area (Å²) in [5.41, 5.74) is 5.37. The highest BCUT2D eigenvalue weighted by molar-refractivity contribution is 4.99.